The maximum absolute atomic E-state index is 12.6. The number of aryl methyl sites for hydroxylation is 1. The van der Waals surface area contributed by atoms with Crippen molar-refractivity contribution in [3.63, 3.8) is 0 Å². The van der Waals surface area contributed by atoms with Gasteiger partial charge in [0.25, 0.3) is 11.6 Å². The molecular formula is C17H23N3O3. The standard InChI is InChI=1S/C17H23N3O3/c1-13-12-14(2-3-15(13)20(22)23)16(21)19-10-6-17(7-11-19)4-8-18-9-5-17/h2-3,12,18H,4-11H2,1H3. The Balaban J connectivity index is 1.67. The molecule has 2 heterocycles. The number of rotatable bonds is 2. The van der Waals surface area contributed by atoms with Crippen LogP contribution in [-0.4, -0.2) is 41.9 Å². The Kier molecular flexibility index (Phi) is 4.35. The van der Waals surface area contributed by atoms with E-state index in [-0.39, 0.29) is 11.6 Å². The zero-order valence-corrected chi connectivity index (χ0v) is 13.5. The number of nitrogens with zero attached hydrogens (tertiary/aromatic N) is 2. The van der Waals surface area contributed by atoms with Gasteiger partial charge in [0.2, 0.25) is 0 Å². The summed E-state index contributed by atoms with van der Waals surface area (Å²) in [6.07, 6.45) is 4.52. The van der Waals surface area contributed by atoms with E-state index < -0.39 is 4.92 Å². The van der Waals surface area contributed by atoms with Crippen molar-refractivity contribution in [1.29, 1.82) is 0 Å². The highest BCUT2D eigenvalue weighted by atomic mass is 16.6. The fourth-order valence-corrected chi connectivity index (χ4v) is 3.82. The number of likely N-dealkylation sites (tertiary alicyclic amines) is 1. The molecule has 6 heteroatoms. The van der Waals surface area contributed by atoms with Gasteiger partial charge in [-0.15, -0.1) is 0 Å². The van der Waals surface area contributed by atoms with Crippen LogP contribution in [0.3, 0.4) is 0 Å². The molecule has 0 unspecified atom stereocenters. The van der Waals surface area contributed by atoms with Gasteiger partial charge in [-0.05, 0) is 63.2 Å². The van der Waals surface area contributed by atoms with Gasteiger partial charge >= 0.3 is 0 Å². The number of nitro benzene ring substituents is 1. The second-order valence-corrected chi connectivity index (χ2v) is 6.80. The largest absolute Gasteiger partial charge is 0.339 e. The Morgan fingerprint density at radius 2 is 1.87 bits per heavy atom. The van der Waals surface area contributed by atoms with Gasteiger partial charge in [-0.3, -0.25) is 14.9 Å². The number of nitrogens with one attached hydrogen (secondary N) is 1. The minimum absolute atomic E-state index is 0.00761. The van der Waals surface area contributed by atoms with Gasteiger partial charge < -0.3 is 10.2 Å². The lowest BCUT2D eigenvalue weighted by molar-refractivity contribution is -0.385. The van der Waals surface area contributed by atoms with Gasteiger partial charge in [-0.25, -0.2) is 0 Å². The van der Waals surface area contributed by atoms with E-state index in [1.807, 2.05) is 4.90 Å². The molecule has 3 rings (SSSR count). The van der Waals surface area contributed by atoms with E-state index in [0.717, 1.165) is 39.0 Å². The van der Waals surface area contributed by atoms with E-state index >= 15 is 0 Å². The Morgan fingerprint density at radius 1 is 1.22 bits per heavy atom. The zero-order valence-electron chi connectivity index (χ0n) is 13.5. The monoisotopic (exact) mass is 317 g/mol. The Bertz CT molecular complexity index is 614. The summed E-state index contributed by atoms with van der Waals surface area (Å²) in [5.74, 6) is -0.00761. The third-order valence-corrected chi connectivity index (χ3v) is 5.42. The van der Waals surface area contributed by atoms with Crippen molar-refractivity contribution in [2.75, 3.05) is 26.2 Å². The summed E-state index contributed by atoms with van der Waals surface area (Å²) >= 11 is 0. The maximum atomic E-state index is 12.6. The van der Waals surface area contributed by atoms with E-state index in [9.17, 15) is 14.9 Å². The summed E-state index contributed by atoms with van der Waals surface area (Å²) in [5, 5.41) is 14.3. The van der Waals surface area contributed by atoms with Crippen LogP contribution in [0.4, 0.5) is 5.69 Å². The number of carbonyl (C=O) groups is 1. The predicted molar refractivity (Wildman–Crippen MR) is 87.5 cm³/mol. The lowest BCUT2D eigenvalue weighted by atomic mass is 9.71. The van der Waals surface area contributed by atoms with Crippen molar-refractivity contribution in [3.8, 4) is 0 Å². The van der Waals surface area contributed by atoms with Gasteiger partial charge in [-0.2, -0.15) is 0 Å². The minimum atomic E-state index is -0.411. The summed E-state index contributed by atoms with van der Waals surface area (Å²) in [6.45, 7) is 5.41. The van der Waals surface area contributed by atoms with Crippen molar-refractivity contribution in [2.24, 2.45) is 5.41 Å². The molecular weight excluding hydrogens is 294 g/mol. The van der Waals surface area contributed by atoms with E-state index in [1.165, 1.54) is 18.9 Å². The van der Waals surface area contributed by atoms with Gasteiger partial charge in [0.15, 0.2) is 0 Å². The number of nitro groups is 1. The lowest BCUT2D eigenvalue weighted by Crippen LogP contribution is -2.47. The van der Waals surface area contributed by atoms with Gasteiger partial charge in [0, 0.05) is 30.3 Å². The molecule has 6 nitrogen and oxygen atoms in total. The van der Waals surface area contributed by atoms with E-state index in [4.69, 9.17) is 0 Å². The smallest absolute Gasteiger partial charge is 0.272 e. The molecule has 2 aliphatic rings. The van der Waals surface area contributed by atoms with Crippen LogP contribution in [-0.2, 0) is 0 Å². The van der Waals surface area contributed by atoms with Crippen molar-refractivity contribution in [3.05, 3.63) is 39.4 Å². The summed E-state index contributed by atoms with van der Waals surface area (Å²) in [5.41, 5.74) is 1.56. The molecule has 0 aliphatic carbocycles. The molecule has 2 fully saturated rings. The molecule has 1 spiro atoms. The summed E-state index contributed by atoms with van der Waals surface area (Å²) in [6, 6.07) is 4.64. The van der Waals surface area contributed by atoms with Gasteiger partial charge in [0.05, 0.1) is 4.92 Å². The highest BCUT2D eigenvalue weighted by Gasteiger charge is 2.36. The molecule has 0 bridgehead atoms. The number of hydrogen-bond donors (Lipinski definition) is 1. The molecule has 124 valence electrons. The molecule has 0 aromatic heterocycles. The van der Waals surface area contributed by atoms with Crippen molar-refractivity contribution >= 4 is 11.6 Å². The molecule has 1 N–H and O–H groups in total. The first kappa shape index (κ1) is 15.9. The minimum Gasteiger partial charge on any atom is -0.339 e. The summed E-state index contributed by atoms with van der Waals surface area (Å²) < 4.78 is 0. The molecule has 23 heavy (non-hydrogen) atoms. The average molecular weight is 317 g/mol. The first-order valence-corrected chi connectivity index (χ1v) is 8.26. The average Bonchev–Trinajstić information content (AvgIpc) is 2.55. The topological polar surface area (TPSA) is 75.5 Å². The molecule has 1 amide bonds. The van der Waals surface area contributed by atoms with Crippen molar-refractivity contribution in [2.45, 2.75) is 32.6 Å². The Hall–Kier alpha value is -1.95. The highest BCUT2D eigenvalue weighted by molar-refractivity contribution is 5.94. The molecule has 2 aliphatic heterocycles. The molecule has 1 aromatic carbocycles. The highest BCUT2D eigenvalue weighted by Crippen LogP contribution is 2.39. The first-order valence-electron chi connectivity index (χ1n) is 8.26. The first-order chi connectivity index (χ1) is 11.0. The Morgan fingerprint density at radius 3 is 2.43 bits per heavy atom. The van der Waals surface area contributed by atoms with Crippen LogP contribution >= 0.6 is 0 Å². The van der Waals surface area contributed by atoms with Crippen molar-refractivity contribution in [1.82, 2.24) is 10.2 Å². The second kappa shape index (κ2) is 6.28. The van der Waals surface area contributed by atoms with Crippen LogP contribution in [0.15, 0.2) is 18.2 Å². The fourth-order valence-electron chi connectivity index (χ4n) is 3.82. The van der Waals surface area contributed by atoms with Gasteiger partial charge in [0.1, 0.15) is 0 Å². The summed E-state index contributed by atoms with van der Waals surface area (Å²) in [4.78, 5) is 25.0. The van der Waals surface area contributed by atoms with Crippen LogP contribution in [0, 0.1) is 22.5 Å². The number of hydrogen-bond acceptors (Lipinski definition) is 4. The summed E-state index contributed by atoms with van der Waals surface area (Å²) in [7, 11) is 0. The number of carbonyl (C=O) groups excluding carboxylic acids is 1. The van der Waals surface area contributed by atoms with Crippen LogP contribution in [0.25, 0.3) is 0 Å². The molecule has 0 radical (unpaired) electrons. The molecule has 0 atom stereocenters. The molecule has 2 saturated heterocycles. The Labute approximate surface area is 136 Å². The predicted octanol–water partition coefficient (Wildman–Crippen LogP) is 2.51. The van der Waals surface area contributed by atoms with Crippen LogP contribution < -0.4 is 5.32 Å². The molecule has 1 aromatic rings. The number of benzene rings is 1. The van der Waals surface area contributed by atoms with Gasteiger partial charge in [-0.1, -0.05) is 0 Å². The normalized spacial score (nSPS) is 20.5. The van der Waals surface area contributed by atoms with Crippen LogP contribution in [0.1, 0.15) is 41.6 Å². The number of amides is 1. The zero-order chi connectivity index (χ0) is 16.4. The second-order valence-electron chi connectivity index (χ2n) is 6.80. The third kappa shape index (κ3) is 3.22. The molecule has 0 saturated carbocycles. The van der Waals surface area contributed by atoms with Crippen LogP contribution in [0.5, 0.6) is 0 Å². The lowest BCUT2D eigenvalue weighted by Gasteiger charge is -2.44. The van der Waals surface area contributed by atoms with Crippen LogP contribution in [0.2, 0.25) is 0 Å². The fraction of sp³-hybridized carbons (Fsp3) is 0.588. The number of piperidine rings is 2. The SMILES string of the molecule is Cc1cc(C(=O)N2CCC3(CCNCC3)CC2)ccc1[N+](=O)[O-]. The quantitative estimate of drug-likeness (QED) is 0.672. The van der Waals surface area contributed by atoms with E-state index in [0.29, 0.717) is 16.5 Å². The van der Waals surface area contributed by atoms with E-state index in [2.05, 4.69) is 5.32 Å². The van der Waals surface area contributed by atoms with E-state index in [1.54, 1.807) is 19.1 Å². The maximum Gasteiger partial charge on any atom is 0.272 e. The van der Waals surface area contributed by atoms with Crippen molar-refractivity contribution < 1.29 is 9.72 Å². The third-order valence-electron chi connectivity index (χ3n) is 5.42.